The van der Waals surface area contributed by atoms with Crippen molar-refractivity contribution in [3.8, 4) is 0 Å². The number of rotatable bonds is 10. The van der Waals surface area contributed by atoms with Crippen LogP contribution in [0.5, 0.6) is 0 Å². The Kier molecular flexibility index (Phi) is 9.66. The van der Waals surface area contributed by atoms with Gasteiger partial charge >= 0.3 is 0 Å². The summed E-state index contributed by atoms with van der Waals surface area (Å²) in [6, 6.07) is 15.7. The maximum atomic E-state index is 13.4. The number of hydrogen-bond donors (Lipinski definition) is 1. The molecular formula is C33H42N4O3. The summed E-state index contributed by atoms with van der Waals surface area (Å²) in [4.78, 5) is 35.0. The topological polar surface area (TPSA) is 78.7 Å². The van der Waals surface area contributed by atoms with Gasteiger partial charge in [0.2, 0.25) is 5.91 Å². The molecule has 0 atom stereocenters. The van der Waals surface area contributed by atoms with Crippen molar-refractivity contribution >= 4 is 23.3 Å². The Balaban J connectivity index is 1.12. The minimum atomic E-state index is -0.137. The Labute approximate surface area is 238 Å². The third-order valence-corrected chi connectivity index (χ3v) is 8.43. The van der Waals surface area contributed by atoms with Crippen LogP contribution >= 0.6 is 0 Å². The predicted octanol–water partition coefficient (Wildman–Crippen LogP) is 6.64. The molecule has 2 amide bonds. The Morgan fingerprint density at radius 1 is 1.00 bits per heavy atom. The van der Waals surface area contributed by atoms with Gasteiger partial charge in [0, 0.05) is 37.4 Å². The van der Waals surface area contributed by atoms with Gasteiger partial charge in [0.1, 0.15) is 5.82 Å². The average molecular weight is 543 g/mol. The van der Waals surface area contributed by atoms with Gasteiger partial charge in [0.25, 0.3) is 5.91 Å². The number of nitrogens with one attached hydrogen (secondary N) is 1. The second-order valence-electron chi connectivity index (χ2n) is 11.4. The van der Waals surface area contributed by atoms with Crippen molar-refractivity contribution in [3.05, 3.63) is 77.9 Å². The maximum absolute atomic E-state index is 13.4. The molecule has 3 aromatic rings. The molecule has 2 fully saturated rings. The lowest BCUT2D eigenvalue weighted by Crippen LogP contribution is -2.48. The fourth-order valence-corrected chi connectivity index (χ4v) is 6.19. The van der Waals surface area contributed by atoms with Gasteiger partial charge in [-0.25, -0.2) is 4.98 Å². The van der Waals surface area contributed by atoms with E-state index >= 15 is 0 Å². The molecule has 0 bridgehead atoms. The number of pyridine rings is 1. The normalized spacial score (nSPS) is 17.0. The Hall–Kier alpha value is -3.45. The van der Waals surface area contributed by atoms with Crippen molar-refractivity contribution in [2.75, 3.05) is 29.9 Å². The monoisotopic (exact) mass is 542 g/mol. The highest BCUT2D eigenvalue weighted by Crippen LogP contribution is 2.28. The van der Waals surface area contributed by atoms with Crippen LogP contribution in [0.25, 0.3) is 0 Å². The number of furan rings is 1. The molecule has 1 saturated carbocycles. The largest absolute Gasteiger partial charge is 0.459 e. The van der Waals surface area contributed by atoms with Crippen molar-refractivity contribution in [1.82, 2.24) is 9.88 Å². The molecule has 1 N–H and O–H groups in total. The highest BCUT2D eigenvalue weighted by atomic mass is 16.3. The average Bonchev–Trinajstić information content (AvgIpc) is 3.52. The van der Waals surface area contributed by atoms with Gasteiger partial charge in [-0.3, -0.25) is 14.5 Å². The number of carbonyl (C=O) groups excluding carboxylic acids is 2. The number of carbonyl (C=O) groups is 2. The van der Waals surface area contributed by atoms with E-state index in [1.165, 1.54) is 43.9 Å². The summed E-state index contributed by atoms with van der Waals surface area (Å²) in [7, 11) is 0. The zero-order valence-corrected chi connectivity index (χ0v) is 23.7. The third-order valence-electron chi connectivity index (χ3n) is 8.43. The first-order chi connectivity index (χ1) is 19.6. The Morgan fingerprint density at radius 2 is 1.80 bits per heavy atom. The summed E-state index contributed by atoms with van der Waals surface area (Å²) < 4.78 is 5.44. The number of likely N-dealkylation sites (tertiary alicyclic amines) is 1. The van der Waals surface area contributed by atoms with Crippen molar-refractivity contribution < 1.29 is 14.0 Å². The smallest absolute Gasteiger partial charge is 0.295 e. The highest BCUT2D eigenvalue weighted by Gasteiger charge is 2.31. The van der Waals surface area contributed by atoms with E-state index in [9.17, 15) is 9.59 Å². The molecule has 1 aromatic carbocycles. The van der Waals surface area contributed by atoms with Gasteiger partial charge in [-0.05, 0) is 93.3 Å². The summed E-state index contributed by atoms with van der Waals surface area (Å²) >= 11 is 0. The molecule has 7 nitrogen and oxygen atoms in total. The maximum Gasteiger partial charge on any atom is 0.295 e. The van der Waals surface area contributed by atoms with Crippen LogP contribution in [0.15, 0.2) is 65.4 Å². The van der Waals surface area contributed by atoms with E-state index in [2.05, 4.69) is 27.3 Å². The second kappa shape index (κ2) is 13.8. The van der Waals surface area contributed by atoms with Crippen molar-refractivity contribution in [3.63, 3.8) is 0 Å². The first-order valence-electron chi connectivity index (χ1n) is 15.0. The molecular weight excluding hydrogens is 500 g/mol. The number of hydrogen-bond acceptors (Lipinski definition) is 5. The molecule has 212 valence electrons. The summed E-state index contributed by atoms with van der Waals surface area (Å²) in [6.45, 7) is 4.85. The predicted molar refractivity (Wildman–Crippen MR) is 159 cm³/mol. The molecule has 3 heterocycles. The van der Waals surface area contributed by atoms with E-state index in [1.807, 2.05) is 42.3 Å². The van der Waals surface area contributed by atoms with Crippen LogP contribution < -0.4 is 10.2 Å². The molecule has 1 aliphatic heterocycles. The molecule has 1 aliphatic carbocycles. The van der Waals surface area contributed by atoms with Crippen LogP contribution in [0, 0.1) is 12.8 Å². The Bertz CT molecular complexity index is 1230. The molecule has 7 heteroatoms. The lowest BCUT2D eigenvalue weighted by molar-refractivity contribution is -0.117. The van der Waals surface area contributed by atoms with E-state index in [0.717, 1.165) is 56.6 Å². The second-order valence-corrected chi connectivity index (χ2v) is 11.4. The summed E-state index contributed by atoms with van der Waals surface area (Å²) in [5, 5.41) is 3.20. The van der Waals surface area contributed by atoms with Crippen molar-refractivity contribution in [2.24, 2.45) is 5.92 Å². The molecule has 0 radical (unpaired) electrons. The molecule has 1 saturated heterocycles. The molecule has 5 rings (SSSR count). The standard InChI is InChI=1S/C33H42N4O3/c1-25-15-16-31(34-24-25)37(33(39)30-14-8-22-40-30)28-17-20-36(21-18-28)19-7-12-27-11-5-6-13-29(27)35-32(38)23-26-9-3-2-4-10-26/h5-6,8,11,13-16,22,24,26,28H,2-4,7,9-10,12,17-21,23H2,1H3,(H,35,38). The number of amides is 2. The number of para-hydroxylation sites is 1. The minimum absolute atomic E-state index is 0.0733. The van der Waals surface area contributed by atoms with Crippen LogP contribution in [-0.4, -0.2) is 47.4 Å². The van der Waals surface area contributed by atoms with Gasteiger partial charge in [-0.2, -0.15) is 0 Å². The zero-order chi connectivity index (χ0) is 27.7. The lowest BCUT2D eigenvalue weighted by Gasteiger charge is -2.37. The van der Waals surface area contributed by atoms with Crippen LogP contribution in [0.4, 0.5) is 11.5 Å². The first-order valence-corrected chi connectivity index (χ1v) is 15.0. The summed E-state index contributed by atoms with van der Waals surface area (Å²) in [5.74, 6) is 1.57. The number of aromatic nitrogens is 1. The number of piperidine rings is 1. The highest BCUT2D eigenvalue weighted by molar-refractivity contribution is 6.04. The van der Waals surface area contributed by atoms with Gasteiger partial charge in [-0.15, -0.1) is 0 Å². The van der Waals surface area contributed by atoms with Crippen LogP contribution in [0.1, 0.15) is 79.5 Å². The number of aryl methyl sites for hydroxylation is 2. The zero-order valence-electron chi connectivity index (χ0n) is 23.7. The molecule has 0 unspecified atom stereocenters. The minimum Gasteiger partial charge on any atom is -0.459 e. The third kappa shape index (κ3) is 7.39. The molecule has 0 spiro atoms. The van der Waals surface area contributed by atoms with Crippen molar-refractivity contribution in [2.45, 2.75) is 77.2 Å². The van der Waals surface area contributed by atoms with Crippen LogP contribution in [0.3, 0.4) is 0 Å². The quantitative estimate of drug-likeness (QED) is 0.311. The fraction of sp³-hybridized carbons (Fsp3) is 0.485. The van der Waals surface area contributed by atoms with E-state index in [4.69, 9.17) is 4.42 Å². The van der Waals surface area contributed by atoms with Crippen LogP contribution in [-0.2, 0) is 11.2 Å². The fourth-order valence-electron chi connectivity index (χ4n) is 6.19. The lowest BCUT2D eigenvalue weighted by atomic mass is 9.87. The van der Waals surface area contributed by atoms with Gasteiger partial charge in [0.05, 0.1) is 6.26 Å². The summed E-state index contributed by atoms with van der Waals surface area (Å²) in [6.07, 6.45) is 13.9. The van der Waals surface area contributed by atoms with E-state index in [-0.39, 0.29) is 17.9 Å². The van der Waals surface area contributed by atoms with E-state index in [1.54, 1.807) is 12.1 Å². The number of anilines is 2. The van der Waals surface area contributed by atoms with Gasteiger partial charge < -0.3 is 14.6 Å². The van der Waals surface area contributed by atoms with Gasteiger partial charge in [0.15, 0.2) is 5.76 Å². The summed E-state index contributed by atoms with van der Waals surface area (Å²) in [5.41, 5.74) is 3.23. The SMILES string of the molecule is Cc1ccc(N(C(=O)c2ccco2)C2CCN(CCCc3ccccc3NC(=O)CC3CCCCC3)CC2)nc1. The molecule has 40 heavy (non-hydrogen) atoms. The van der Waals surface area contributed by atoms with Crippen LogP contribution in [0.2, 0.25) is 0 Å². The molecule has 2 aromatic heterocycles. The number of benzene rings is 1. The first kappa shape index (κ1) is 28.1. The number of nitrogens with zero attached hydrogens (tertiary/aromatic N) is 3. The Morgan fingerprint density at radius 3 is 2.52 bits per heavy atom. The molecule has 2 aliphatic rings. The van der Waals surface area contributed by atoms with E-state index in [0.29, 0.717) is 23.9 Å². The van der Waals surface area contributed by atoms with Crippen molar-refractivity contribution in [1.29, 1.82) is 0 Å². The van der Waals surface area contributed by atoms with Gasteiger partial charge in [-0.1, -0.05) is 43.5 Å². The van der Waals surface area contributed by atoms with E-state index < -0.39 is 0 Å².